The summed E-state index contributed by atoms with van der Waals surface area (Å²) in [6, 6.07) is 7.37. The van der Waals surface area contributed by atoms with Crippen LogP contribution in [0.4, 0.5) is 0 Å². The molecule has 0 spiro atoms. The molecule has 6 heteroatoms. The fourth-order valence-corrected chi connectivity index (χ4v) is 2.84. The third-order valence-corrected chi connectivity index (χ3v) is 4.05. The highest BCUT2D eigenvalue weighted by atomic mass is 35.5. The van der Waals surface area contributed by atoms with Crippen LogP contribution in [0.25, 0.3) is 0 Å². The van der Waals surface area contributed by atoms with E-state index in [1.807, 2.05) is 19.1 Å². The Kier molecular flexibility index (Phi) is 7.37. The number of carbonyl (C=O) groups excluding carboxylic acids is 1. The van der Waals surface area contributed by atoms with Gasteiger partial charge in [0.05, 0.1) is 18.0 Å². The number of aliphatic hydroxyl groups is 1. The molecule has 1 amide bonds. The number of thioether (sulfide) groups is 1. The fraction of sp³-hybridized carbons (Fsp3) is 0.500. The zero-order valence-corrected chi connectivity index (χ0v) is 13.4. The van der Waals surface area contributed by atoms with Crippen molar-refractivity contribution in [2.24, 2.45) is 0 Å². The summed E-state index contributed by atoms with van der Waals surface area (Å²) in [6.07, 6.45) is -0.665. The number of likely N-dealkylation sites (N-methyl/N-ethyl adjacent to an activating group) is 1. The molecule has 0 fully saturated rings. The average molecular weight is 318 g/mol. The summed E-state index contributed by atoms with van der Waals surface area (Å²) in [5.41, 5.74) is 0. The van der Waals surface area contributed by atoms with Crippen molar-refractivity contribution in [1.29, 1.82) is 0 Å². The number of ether oxygens (including phenoxy) is 1. The molecular weight excluding hydrogens is 298 g/mol. The van der Waals surface area contributed by atoms with E-state index in [2.05, 4.69) is 0 Å². The van der Waals surface area contributed by atoms with E-state index in [-0.39, 0.29) is 24.3 Å². The zero-order chi connectivity index (χ0) is 15.1. The maximum absolute atomic E-state index is 12.2. The van der Waals surface area contributed by atoms with Gasteiger partial charge >= 0.3 is 0 Å². The van der Waals surface area contributed by atoms with E-state index >= 15 is 0 Å². The Morgan fingerprint density at radius 2 is 2.05 bits per heavy atom. The van der Waals surface area contributed by atoms with Gasteiger partial charge < -0.3 is 14.7 Å². The predicted molar refractivity (Wildman–Crippen MR) is 82.3 cm³/mol. The Labute approximate surface area is 129 Å². The maximum atomic E-state index is 12.2. The molecule has 20 heavy (non-hydrogen) atoms. The Morgan fingerprint density at radius 1 is 1.45 bits per heavy atom. The monoisotopic (exact) mass is 317 g/mol. The molecule has 1 rings (SSSR count). The highest BCUT2D eigenvalue weighted by molar-refractivity contribution is 8.00. The highest BCUT2D eigenvalue weighted by Crippen LogP contribution is 2.25. The number of rotatable bonds is 7. The number of hydrogen-bond acceptors (Lipinski definition) is 4. The molecular formula is C14H20ClNO3S. The van der Waals surface area contributed by atoms with Crippen LogP contribution in [-0.2, 0) is 9.53 Å². The van der Waals surface area contributed by atoms with Gasteiger partial charge in [-0.2, -0.15) is 0 Å². The molecule has 0 aliphatic carbocycles. The minimum Gasteiger partial charge on any atom is -0.389 e. The van der Waals surface area contributed by atoms with Gasteiger partial charge in [-0.15, -0.1) is 11.8 Å². The summed E-state index contributed by atoms with van der Waals surface area (Å²) in [6.45, 7) is 2.33. The van der Waals surface area contributed by atoms with E-state index in [0.29, 0.717) is 5.02 Å². The standard InChI is InChI=1S/C14H20ClNO3S/c1-10(20-13-6-4-11(15)5-7-13)14(18)16(2)8-12(17)9-19-3/h4-7,10,12,17H,8-9H2,1-3H3. The van der Waals surface area contributed by atoms with Gasteiger partial charge in [-0.3, -0.25) is 4.79 Å². The summed E-state index contributed by atoms with van der Waals surface area (Å²) in [5, 5.41) is 10.1. The number of halogens is 1. The first kappa shape index (κ1) is 17.3. The molecule has 1 N–H and O–H groups in total. The number of amides is 1. The molecule has 1 aromatic rings. The van der Waals surface area contributed by atoms with Gasteiger partial charge in [0, 0.05) is 30.6 Å². The third-order valence-electron chi connectivity index (χ3n) is 2.69. The van der Waals surface area contributed by atoms with Gasteiger partial charge in [0.25, 0.3) is 0 Å². The van der Waals surface area contributed by atoms with Gasteiger partial charge in [0.2, 0.25) is 5.91 Å². The van der Waals surface area contributed by atoms with Crippen molar-refractivity contribution in [3.8, 4) is 0 Å². The second kappa shape index (κ2) is 8.52. The van der Waals surface area contributed by atoms with Crippen molar-refractivity contribution in [2.45, 2.75) is 23.2 Å². The molecule has 0 aliphatic rings. The molecule has 4 nitrogen and oxygen atoms in total. The summed E-state index contributed by atoms with van der Waals surface area (Å²) in [7, 11) is 3.20. The first-order valence-corrected chi connectivity index (χ1v) is 7.54. The normalized spacial score (nSPS) is 13.8. The topological polar surface area (TPSA) is 49.8 Å². The van der Waals surface area contributed by atoms with Crippen LogP contribution < -0.4 is 0 Å². The lowest BCUT2D eigenvalue weighted by Crippen LogP contribution is -2.39. The average Bonchev–Trinajstić information content (AvgIpc) is 2.40. The molecule has 0 heterocycles. The molecule has 112 valence electrons. The first-order chi connectivity index (χ1) is 9.43. The summed E-state index contributed by atoms with van der Waals surface area (Å²) in [4.78, 5) is 14.7. The Hall–Kier alpha value is -0.750. The lowest BCUT2D eigenvalue weighted by Gasteiger charge is -2.23. The van der Waals surface area contributed by atoms with Crippen LogP contribution in [-0.4, -0.2) is 54.6 Å². The van der Waals surface area contributed by atoms with Gasteiger partial charge in [-0.25, -0.2) is 0 Å². The van der Waals surface area contributed by atoms with E-state index < -0.39 is 6.10 Å². The van der Waals surface area contributed by atoms with Gasteiger partial charge in [-0.1, -0.05) is 11.6 Å². The second-order valence-electron chi connectivity index (χ2n) is 4.54. The number of nitrogens with zero attached hydrogens (tertiary/aromatic N) is 1. The van der Waals surface area contributed by atoms with Crippen molar-refractivity contribution < 1.29 is 14.6 Å². The number of carbonyl (C=O) groups is 1. The maximum Gasteiger partial charge on any atom is 0.235 e. The van der Waals surface area contributed by atoms with Crippen molar-refractivity contribution in [3.05, 3.63) is 29.3 Å². The third kappa shape index (κ3) is 5.71. The number of methoxy groups -OCH3 is 1. The van der Waals surface area contributed by atoms with Crippen LogP contribution in [0.1, 0.15) is 6.92 Å². The largest absolute Gasteiger partial charge is 0.389 e. The van der Waals surface area contributed by atoms with Crippen LogP contribution in [0, 0.1) is 0 Å². The van der Waals surface area contributed by atoms with Crippen molar-refractivity contribution in [2.75, 3.05) is 27.3 Å². The van der Waals surface area contributed by atoms with Crippen LogP contribution >= 0.6 is 23.4 Å². The van der Waals surface area contributed by atoms with Gasteiger partial charge in [0.1, 0.15) is 0 Å². The lowest BCUT2D eigenvalue weighted by atomic mass is 10.3. The van der Waals surface area contributed by atoms with Crippen molar-refractivity contribution in [3.63, 3.8) is 0 Å². The minimum absolute atomic E-state index is 0.0277. The van der Waals surface area contributed by atoms with Crippen LogP contribution in [0.15, 0.2) is 29.2 Å². The Morgan fingerprint density at radius 3 is 2.60 bits per heavy atom. The lowest BCUT2D eigenvalue weighted by molar-refractivity contribution is -0.130. The summed E-state index contributed by atoms with van der Waals surface area (Å²) >= 11 is 7.29. The minimum atomic E-state index is -0.665. The van der Waals surface area contributed by atoms with E-state index in [0.717, 1.165) is 4.90 Å². The van der Waals surface area contributed by atoms with Gasteiger partial charge in [0.15, 0.2) is 0 Å². The molecule has 2 atom stereocenters. The zero-order valence-electron chi connectivity index (χ0n) is 11.9. The van der Waals surface area contributed by atoms with E-state index in [4.69, 9.17) is 16.3 Å². The smallest absolute Gasteiger partial charge is 0.235 e. The highest BCUT2D eigenvalue weighted by Gasteiger charge is 2.20. The van der Waals surface area contributed by atoms with E-state index in [9.17, 15) is 9.90 Å². The SMILES string of the molecule is COCC(O)CN(C)C(=O)C(C)Sc1ccc(Cl)cc1. The van der Waals surface area contributed by atoms with Crippen LogP contribution in [0.5, 0.6) is 0 Å². The molecule has 0 aromatic heterocycles. The second-order valence-corrected chi connectivity index (χ2v) is 6.39. The molecule has 2 unspecified atom stereocenters. The first-order valence-electron chi connectivity index (χ1n) is 6.28. The fourth-order valence-electron chi connectivity index (χ4n) is 1.73. The van der Waals surface area contributed by atoms with Crippen LogP contribution in [0.3, 0.4) is 0 Å². The molecule has 1 aromatic carbocycles. The van der Waals surface area contributed by atoms with Crippen molar-refractivity contribution in [1.82, 2.24) is 4.90 Å². The van der Waals surface area contributed by atoms with E-state index in [1.54, 1.807) is 19.2 Å². The van der Waals surface area contributed by atoms with Crippen LogP contribution in [0.2, 0.25) is 5.02 Å². The van der Waals surface area contributed by atoms with Crippen molar-refractivity contribution >= 4 is 29.3 Å². The quantitative estimate of drug-likeness (QED) is 0.784. The molecule has 0 saturated carbocycles. The Bertz CT molecular complexity index is 427. The molecule has 0 saturated heterocycles. The summed E-state index contributed by atoms with van der Waals surface area (Å²) < 4.78 is 4.85. The molecule has 0 bridgehead atoms. The number of aliphatic hydroxyl groups excluding tert-OH is 1. The molecule has 0 aliphatic heterocycles. The summed E-state index contributed by atoms with van der Waals surface area (Å²) in [5.74, 6) is -0.0277. The van der Waals surface area contributed by atoms with Gasteiger partial charge in [-0.05, 0) is 31.2 Å². The Balaban J connectivity index is 2.51. The number of benzene rings is 1. The molecule has 0 radical (unpaired) electrons. The van der Waals surface area contributed by atoms with E-state index in [1.165, 1.54) is 23.8 Å². The predicted octanol–water partition coefficient (Wildman–Crippen LogP) is 2.29. The number of hydrogen-bond donors (Lipinski definition) is 1.